The molecule has 200 valence electrons. The van der Waals surface area contributed by atoms with Gasteiger partial charge in [-0.3, -0.25) is 20.0 Å². The summed E-state index contributed by atoms with van der Waals surface area (Å²) in [7, 11) is 0. The van der Waals surface area contributed by atoms with E-state index in [1.807, 2.05) is 18.3 Å². The number of hydrogen-bond acceptors (Lipinski definition) is 10. The molecule has 11 nitrogen and oxygen atoms in total. The number of nitrogens with zero attached hydrogens (tertiary/aromatic N) is 6. The third kappa shape index (κ3) is 5.36. The topological polar surface area (TPSA) is 123 Å². The summed E-state index contributed by atoms with van der Waals surface area (Å²) < 4.78 is 6.75. The molecule has 2 aliphatic rings. The van der Waals surface area contributed by atoms with Crippen molar-refractivity contribution in [2.45, 2.75) is 19.4 Å². The summed E-state index contributed by atoms with van der Waals surface area (Å²) >= 11 is 1.79. The van der Waals surface area contributed by atoms with Crippen LogP contribution in [0.25, 0.3) is 32.5 Å². The zero-order chi connectivity index (χ0) is 25.9. The quantitative estimate of drug-likeness (QED) is 0.230. The second kappa shape index (κ2) is 11.3. The number of anilines is 1. The van der Waals surface area contributed by atoms with E-state index in [0.29, 0.717) is 19.6 Å². The van der Waals surface area contributed by atoms with Gasteiger partial charge in [-0.25, -0.2) is 15.4 Å². The van der Waals surface area contributed by atoms with Crippen LogP contribution in [0.1, 0.15) is 17.7 Å². The Morgan fingerprint density at radius 2 is 1.92 bits per heavy atom. The highest BCUT2D eigenvalue weighted by Gasteiger charge is 2.23. The van der Waals surface area contributed by atoms with Gasteiger partial charge in [0.15, 0.2) is 11.6 Å². The number of morpholine rings is 1. The highest BCUT2D eigenvalue weighted by atomic mass is 32.1. The summed E-state index contributed by atoms with van der Waals surface area (Å²) in [5.41, 5.74) is 4.64. The van der Waals surface area contributed by atoms with Gasteiger partial charge in [-0.2, -0.15) is 5.10 Å². The van der Waals surface area contributed by atoms with Gasteiger partial charge in [0.1, 0.15) is 0 Å². The maximum atomic E-state index is 11.2. The van der Waals surface area contributed by atoms with Crippen LogP contribution in [-0.4, -0.2) is 100 Å². The number of ether oxygens (including phenoxy) is 1. The van der Waals surface area contributed by atoms with Gasteiger partial charge >= 0.3 is 0 Å². The number of thiophene rings is 1. The zero-order valence-corrected chi connectivity index (χ0v) is 22.0. The van der Waals surface area contributed by atoms with Crippen molar-refractivity contribution in [2.24, 2.45) is 0 Å². The minimum atomic E-state index is -0.322. The molecule has 0 unspecified atom stereocenters. The monoisotopic (exact) mass is 536 g/mol. The number of piperazine rings is 1. The molecule has 3 aromatic heterocycles. The first kappa shape index (κ1) is 25.1. The summed E-state index contributed by atoms with van der Waals surface area (Å²) in [5, 5.41) is 16.9. The lowest BCUT2D eigenvalue weighted by atomic mass is 10.1. The van der Waals surface area contributed by atoms with Crippen molar-refractivity contribution in [3.8, 4) is 11.4 Å². The fourth-order valence-corrected chi connectivity index (χ4v) is 6.38. The molecule has 0 radical (unpaired) electrons. The number of carbonyl (C=O) groups excluding carboxylic acids is 1. The molecule has 12 heteroatoms. The molecular weight excluding hydrogens is 504 g/mol. The number of hydroxylamine groups is 1. The maximum absolute atomic E-state index is 11.2. The predicted molar refractivity (Wildman–Crippen MR) is 146 cm³/mol. The molecule has 38 heavy (non-hydrogen) atoms. The molecule has 0 atom stereocenters. The molecule has 1 amide bonds. The molecule has 4 aromatic rings. The van der Waals surface area contributed by atoms with Gasteiger partial charge in [-0.15, -0.1) is 11.3 Å². The van der Waals surface area contributed by atoms with E-state index < -0.39 is 0 Å². The Morgan fingerprint density at radius 1 is 1.11 bits per heavy atom. The van der Waals surface area contributed by atoms with Crippen molar-refractivity contribution in [1.82, 2.24) is 35.4 Å². The van der Waals surface area contributed by atoms with E-state index in [0.717, 1.165) is 97.1 Å². The third-order valence-corrected chi connectivity index (χ3v) is 8.39. The van der Waals surface area contributed by atoms with Crippen LogP contribution >= 0.6 is 11.3 Å². The molecule has 0 bridgehead atoms. The van der Waals surface area contributed by atoms with Crippen LogP contribution in [0.3, 0.4) is 0 Å². The molecule has 0 saturated carbocycles. The molecule has 1 aromatic carbocycles. The van der Waals surface area contributed by atoms with Gasteiger partial charge in [0.2, 0.25) is 5.91 Å². The number of H-pyrrole nitrogens is 1. The van der Waals surface area contributed by atoms with Gasteiger partial charge in [0.25, 0.3) is 0 Å². The minimum absolute atomic E-state index is 0.322. The number of fused-ring (bicyclic) bond motifs is 2. The van der Waals surface area contributed by atoms with Crippen LogP contribution in [0.5, 0.6) is 0 Å². The number of amides is 1. The minimum Gasteiger partial charge on any atom is -0.378 e. The molecular formula is C26H32N8O3S. The molecule has 3 N–H and O–H groups in total. The van der Waals surface area contributed by atoms with Gasteiger partial charge in [0, 0.05) is 68.1 Å². The Morgan fingerprint density at radius 3 is 2.74 bits per heavy atom. The first-order valence-electron chi connectivity index (χ1n) is 13.1. The molecule has 2 saturated heterocycles. The second-order valence-electron chi connectivity index (χ2n) is 9.79. The third-order valence-electron chi connectivity index (χ3n) is 7.29. The van der Waals surface area contributed by atoms with Crippen LogP contribution in [-0.2, 0) is 16.1 Å². The maximum Gasteiger partial charge on any atom is 0.243 e. The van der Waals surface area contributed by atoms with E-state index in [9.17, 15) is 4.79 Å². The number of benzene rings is 1. The molecule has 2 fully saturated rings. The Balaban J connectivity index is 1.22. The van der Waals surface area contributed by atoms with E-state index >= 15 is 0 Å². The number of carbonyl (C=O) groups is 1. The van der Waals surface area contributed by atoms with E-state index in [4.69, 9.17) is 19.9 Å². The van der Waals surface area contributed by atoms with E-state index in [1.54, 1.807) is 16.8 Å². The zero-order valence-electron chi connectivity index (χ0n) is 21.2. The van der Waals surface area contributed by atoms with Crippen LogP contribution in [0.15, 0.2) is 30.5 Å². The lowest BCUT2D eigenvalue weighted by molar-refractivity contribution is -0.129. The number of nitrogens with one attached hydrogen (secondary N) is 2. The lowest BCUT2D eigenvalue weighted by Crippen LogP contribution is -2.46. The first-order valence-corrected chi connectivity index (χ1v) is 13.9. The number of aromatic amines is 1. The first-order chi connectivity index (χ1) is 18.7. The highest BCUT2D eigenvalue weighted by Crippen LogP contribution is 2.36. The largest absolute Gasteiger partial charge is 0.378 e. The van der Waals surface area contributed by atoms with Crippen molar-refractivity contribution >= 4 is 44.2 Å². The summed E-state index contributed by atoms with van der Waals surface area (Å²) in [6, 6.07) is 8.31. The van der Waals surface area contributed by atoms with Gasteiger partial charge in [-0.05, 0) is 25.1 Å². The fraction of sp³-hybridized carbons (Fsp3) is 0.462. The molecule has 2 aliphatic heterocycles. The Bertz CT molecular complexity index is 1410. The van der Waals surface area contributed by atoms with Crippen molar-refractivity contribution in [3.63, 3.8) is 0 Å². The van der Waals surface area contributed by atoms with Crippen LogP contribution in [0.2, 0.25) is 0 Å². The number of rotatable bonds is 8. The smallest absolute Gasteiger partial charge is 0.243 e. The Hall–Kier alpha value is -3.16. The molecule has 6 rings (SSSR count). The Labute approximate surface area is 224 Å². The average molecular weight is 537 g/mol. The van der Waals surface area contributed by atoms with Gasteiger partial charge in [-0.1, -0.05) is 12.1 Å². The van der Waals surface area contributed by atoms with Crippen LogP contribution in [0, 0.1) is 0 Å². The van der Waals surface area contributed by atoms with Crippen LogP contribution in [0.4, 0.5) is 5.82 Å². The second-order valence-corrected chi connectivity index (χ2v) is 10.9. The summed E-state index contributed by atoms with van der Waals surface area (Å²) in [6.45, 7) is 8.70. The predicted octanol–water partition coefficient (Wildman–Crippen LogP) is 2.47. The van der Waals surface area contributed by atoms with E-state index in [2.05, 4.69) is 37.0 Å². The van der Waals surface area contributed by atoms with Gasteiger partial charge < -0.3 is 14.5 Å². The van der Waals surface area contributed by atoms with Crippen molar-refractivity contribution in [3.05, 3.63) is 35.3 Å². The summed E-state index contributed by atoms with van der Waals surface area (Å²) in [4.78, 5) is 29.9. The number of hydrogen-bond donors (Lipinski definition) is 3. The summed E-state index contributed by atoms with van der Waals surface area (Å²) in [6.07, 6.45) is 2.94. The van der Waals surface area contributed by atoms with E-state index in [-0.39, 0.29) is 5.91 Å². The normalized spacial score (nSPS) is 17.4. The lowest BCUT2D eigenvalue weighted by Gasteiger charge is -2.34. The van der Waals surface area contributed by atoms with Crippen LogP contribution < -0.4 is 10.4 Å². The SMILES string of the molecule is O=C(CCCN1CCN(Cc2cc3nc(-c4cccc5[nH]ncc45)nc(N4CCOCC4)c3s2)CC1)NO. The molecule has 5 heterocycles. The molecule has 0 aliphatic carbocycles. The van der Waals surface area contributed by atoms with Crippen molar-refractivity contribution in [2.75, 3.05) is 63.9 Å². The molecule has 0 spiro atoms. The van der Waals surface area contributed by atoms with E-state index in [1.165, 1.54) is 4.88 Å². The standard InChI is InChI=1S/C26H32N8O3S/c35-23(31-36)5-2-6-32-7-9-33(10-8-32)17-18-15-22-24(38-18)26(34-11-13-37-14-12-34)29-25(28-22)19-3-1-4-21-20(19)16-27-30-21/h1,3-4,15-16,36H,2,5-14,17H2,(H,27,30)(H,31,35). The van der Waals surface area contributed by atoms with Crippen molar-refractivity contribution in [1.29, 1.82) is 0 Å². The number of aromatic nitrogens is 4. The van der Waals surface area contributed by atoms with Gasteiger partial charge in [0.05, 0.1) is 35.1 Å². The fourth-order valence-electron chi connectivity index (χ4n) is 5.23. The van der Waals surface area contributed by atoms with Crippen molar-refractivity contribution < 1.29 is 14.7 Å². The average Bonchev–Trinajstić information content (AvgIpc) is 3.60. The highest BCUT2D eigenvalue weighted by molar-refractivity contribution is 7.19. The summed E-state index contributed by atoms with van der Waals surface area (Å²) in [5.74, 6) is 1.39. The Kier molecular flexibility index (Phi) is 7.47.